The van der Waals surface area contributed by atoms with Gasteiger partial charge in [-0.1, -0.05) is 100 Å². The molecular weight excluding hydrogens is 312 g/mol. The second-order valence-corrected chi connectivity index (χ2v) is 10.3. The van der Waals surface area contributed by atoms with Gasteiger partial charge in [-0.2, -0.15) is 0 Å². The predicted octanol–water partition coefficient (Wildman–Crippen LogP) is 9.16. The highest BCUT2D eigenvalue weighted by molar-refractivity contribution is 4.83. The molecule has 26 heavy (non-hydrogen) atoms. The van der Waals surface area contributed by atoms with Crippen LogP contribution in [-0.2, 0) is 0 Å². The molecular formula is C26H52. The Balaban J connectivity index is 4.18. The van der Waals surface area contributed by atoms with Crippen molar-refractivity contribution in [1.29, 1.82) is 0 Å². The van der Waals surface area contributed by atoms with Gasteiger partial charge in [0.05, 0.1) is 0 Å². The summed E-state index contributed by atoms with van der Waals surface area (Å²) in [5.74, 6) is 4.86. The third-order valence-corrected chi connectivity index (χ3v) is 7.59. The second-order valence-electron chi connectivity index (χ2n) is 10.3. The van der Waals surface area contributed by atoms with Gasteiger partial charge < -0.3 is 0 Å². The summed E-state index contributed by atoms with van der Waals surface area (Å²) in [7, 11) is 0. The third kappa shape index (κ3) is 9.09. The fraction of sp³-hybridized carbons (Fsp3) is 0.923. The normalized spacial score (nSPS) is 18.4. The van der Waals surface area contributed by atoms with Crippen LogP contribution in [0, 0.1) is 40.9 Å². The minimum Gasteiger partial charge on any atom is -0.103 e. The maximum atomic E-state index is 4.01. The molecule has 0 aromatic heterocycles. The molecule has 0 aliphatic heterocycles. The van der Waals surface area contributed by atoms with Gasteiger partial charge in [-0.05, 0) is 60.2 Å². The van der Waals surface area contributed by atoms with Crippen LogP contribution in [-0.4, -0.2) is 0 Å². The van der Waals surface area contributed by atoms with Crippen LogP contribution in [0.4, 0.5) is 0 Å². The molecule has 0 nitrogen and oxygen atoms in total. The molecule has 0 N–H and O–H groups in total. The average molecular weight is 365 g/mol. The molecule has 5 atom stereocenters. The lowest BCUT2D eigenvalue weighted by molar-refractivity contribution is 0.106. The number of rotatable bonds is 15. The summed E-state index contributed by atoms with van der Waals surface area (Å²) >= 11 is 0. The van der Waals surface area contributed by atoms with E-state index >= 15 is 0 Å². The number of hydrogen-bond donors (Lipinski definition) is 0. The second kappa shape index (κ2) is 13.0. The van der Waals surface area contributed by atoms with Gasteiger partial charge in [-0.3, -0.25) is 0 Å². The van der Waals surface area contributed by atoms with Crippen LogP contribution in [0.5, 0.6) is 0 Å². The molecule has 0 heteroatoms. The molecule has 5 unspecified atom stereocenters. The van der Waals surface area contributed by atoms with Gasteiger partial charge in [0.15, 0.2) is 0 Å². The lowest BCUT2D eigenvalue weighted by atomic mass is 9.66. The molecule has 156 valence electrons. The monoisotopic (exact) mass is 364 g/mol. The summed E-state index contributed by atoms with van der Waals surface area (Å²) in [4.78, 5) is 0. The largest absolute Gasteiger partial charge is 0.103 e. The van der Waals surface area contributed by atoms with Crippen LogP contribution in [0.25, 0.3) is 0 Å². The van der Waals surface area contributed by atoms with Crippen LogP contribution >= 0.6 is 0 Å². The zero-order valence-electron chi connectivity index (χ0n) is 19.9. The molecule has 0 heterocycles. The van der Waals surface area contributed by atoms with E-state index in [9.17, 15) is 0 Å². The van der Waals surface area contributed by atoms with Crippen molar-refractivity contribution in [2.45, 2.75) is 114 Å². The Labute approximate surface area is 167 Å². The summed E-state index contributed by atoms with van der Waals surface area (Å²) in [5.41, 5.74) is 0.473. The van der Waals surface area contributed by atoms with Crippen molar-refractivity contribution in [3.8, 4) is 0 Å². The van der Waals surface area contributed by atoms with Crippen molar-refractivity contribution in [2.75, 3.05) is 0 Å². The first-order chi connectivity index (χ1) is 12.1. The Morgan fingerprint density at radius 3 is 1.92 bits per heavy atom. The van der Waals surface area contributed by atoms with E-state index in [4.69, 9.17) is 0 Å². The fourth-order valence-corrected chi connectivity index (χ4v) is 4.99. The molecule has 0 aromatic carbocycles. The first-order valence-electron chi connectivity index (χ1n) is 11.7. The van der Waals surface area contributed by atoms with Gasteiger partial charge in [0.25, 0.3) is 0 Å². The van der Waals surface area contributed by atoms with E-state index in [0.29, 0.717) is 11.3 Å². The van der Waals surface area contributed by atoms with Gasteiger partial charge >= 0.3 is 0 Å². The van der Waals surface area contributed by atoms with E-state index in [1.165, 1.54) is 51.4 Å². The lowest BCUT2D eigenvalue weighted by Gasteiger charge is -2.39. The molecule has 0 aromatic rings. The number of hydrogen-bond acceptors (Lipinski definition) is 0. The summed E-state index contributed by atoms with van der Waals surface area (Å²) in [6, 6.07) is 0. The number of allylic oxidation sites excluding steroid dienone is 1. The van der Waals surface area contributed by atoms with Crippen LogP contribution in [0.1, 0.15) is 114 Å². The van der Waals surface area contributed by atoms with Gasteiger partial charge in [0.2, 0.25) is 0 Å². The predicted molar refractivity (Wildman–Crippen MR) is 122 cm³/mol. The maximum absolute atomic E-state index is 4.01. The molecule has 0 fully saturated rings. The molecule has 0 amide bonds. The van der Waals surface area contributed by atoms with Crippen molar-refractivity contribution in [1.82, 2.24) is 0 Å². The van der Waals surface area contributed by atoms with Gasteiger partial charge in [0.1, 0.15) is 0 Å². The van der Waals surface area contributed by atoms with Crippen LogP contribution < -0.4 is 0 Å². The zero-order valence-corrected chi connectivity index (χ0v) is 19.9. The highest BCUT2D eigenvalue weighted by atomic mass is 14.4. The summed E-state index contributed by atoms with van der Waals surface area (Å²) in [5, 5.41) is 0. The van der Waals surface area contributed by atoms with Crippen LogP contribution in [0.2, 0.25) is 0 Å². The first kappa shape index (κ1) is 25.7. The van der Waals surface area contributed by atoms with Crippen molar-refractivity contribution in [2.24, 2.45) is 40.9 Å². The molecule has 0 spiro atoms. The fourth-order valence-electron chi connectivity index (χ4n) is 4.99. The van der Waals surface area contributed by atoms with Crippen molar-refractivity contribution < 1.29 is 0 Å². The summed E-state index contributed by atoms with van der Waals surface area (Å²) in [6.07, 6.45) is 13.1. The third-order valence-electron chi connectivity index (χ3n) is 7.59. The Morgan fingerprint density at radius 1 is 0.846 bits per heavy atom. The molecule has 0 radical (unpaired) electrons. The van der Waals surface area contributed by atoms with Crippen LogP contribution in [0.3, 0.4) is 0 Å². The van der Waals surface area contributed by atoms with E-state index in [0.717, 1.165) is 29.6 Å². The molecule has 0 aliphatic rings. The van der Waals surface area contributed by atoms with E-state index in [2.05, 4.69) is 75.0 Å². The van der Waals surface area contributed by atoms with Crippen molar-refractivity contribution in [3.05, 3.63) is 12.7 Å². The summed E-state index contributed by atoms with van der Waals surface area (Å²) in [6.45, 7) is 25.9. The highest BCUT2D eigenvalue weighted by Gasteiger charge is 2.32. The Bertz CT molecular complexity index is 351. The Kier molecular flexibility index (Phi) is 12.9. The first-order valence-corrected chi connectivity index (χ1v) is 11.7. The molecule has 0 saturated heterocycles. The topological polar surface area (TPSA) is 0 Å². The van der Waals surface area contributed by atoms with E-state index < -0.39 is 0 Å². The smallest absolute Gasteiger partial charge is 0.0213 e. The molecule has 0 bridgehead atoms. The summed E-state index contributed by atoms with van der Waals surface area (Å²) < 4.78 is 0. The van der Waals surface area contributed by atoms with Crippen LogP contribution in [0.15, 0.2) is 12.7 Å². The minimum absolute atomic E-state index is 0.473. The molecule has 0 saturated carbocycles. The molecule has 0 rings (SSSR count). The quantitative estimate of drug-likeness (QED) is 0.201. The highest BCUT2D eigenvalue weighted by Crippen LogP contribution is 2.41. The van der Waals surface area contributed by atoms with Gasteiger partial charge in [-0.25, -0.2) is 0 Å². The standard InChI is InChI=1S/C26H52/c1-11-24(12-2)22(7)18-17-21(6)16-14-15-19-26(9,10)23(8)25(13-3)20(4)5/h11,20-25H,1,12-19H2,2-10H3. The maximum Gasteiger partial charge on any atom is -0.0213 e. The molecule has 0 aliphatic carbocycles. The van der Waals surface area contributed by atoms with Crippen molar-refractivity contribution in [3.63, 3.8) is 0 Å². The van der Waals surface area contributed by atoms with Crippen molar-refractivity contribution >= 4 is 0 Å². The van der Waals surface area contributed by atoms with Gasteiger partial charge in [0, 0.05) is 0 Å². The Morgan fingerprint density at radius 2 is 1.46 bits per heavy atom. The lowest BCUT2D eigenvalue weighted by Crippen LogP contribution is -2.31. The van der Waals surface area contributed by atoms with E-state index in [-0.39, 0.29) is 0 Å². The van der Waals surface area contributed by atoms with E-state index in [1.807, 2.05) is 0 Å². The van der Waals surface area contributed by atoms with Gasteiger partial charge in [-0.15, -0.1) is 6.58 Å². The number of unbranched alkanes of at least 4 members (excludes halogenated alkanes) is 1. The average Bonchev–Trinajstić information content (AvgIpc) is 2.58. The Hall–Kier alpha value is -0.260. The zero-order chi connectivity index (χ0) is 20.3. The van der Waals surface area contributed by atoms with E-state index in [1.54, 1.807) is 0 Å². The minimum atomic E-state index is 0.473. The SMILES string of the molecule is C=CC(CC)C(C)CCC(C)CCCCC(C)(C)C(C)C(CC)C(C)C.